The molecule has 0 radical (unpaired) electrons. The zero-order valence-corrected chi connectivity index (χ0v) is 14.0. The van der Waals surface area contributed by atoms with Crippen molar-refractivity contribution in [3.63, 3.8) is 0 Å². The summed E-state index contributed by atoms with van der Waals surface area (Å²) >= 11 is 0. The van der Waals surface area contributed by atoms with Crippen molar-refractivity contribution in [1.82, 2.24) is 5.32 Å². The SMILES string of the molecule is O=C1N=C(c2ccc(C(F)(F)F)cc2)NC2C1C2c1ccc(C(F)(F)F)cc1. The Morgan fingerprint density at radius 1 is 0.750 bits per heavy atom. The summed E-state index contributed by atoms with van der Waals surface area (Å²) in [5.41, 5.74) is -0.683. The van der Waals surface area contributed by atoms with Crippen LogP contribution in [0.1, 0.15) is 28.2 Å². The first kappa shape index (κ1) is 18.5. The van der Waals surface area contributed by atoms with Crippen LogP contribution in [0.3, 0.4) is 0 Å². The fraction of sp³-hybridized carbons (Fsp3) is 0.263. The molecule has 2 aliphatic rings. The summed E-state index contributed by atoms with van der Waals surface area (Å²) in [4.78, 5) is 16.2. The van der Waals surface area contributed by atoms with E-state index in [0.29, 0.717) is 11.1 Å². The minimum atomic E-state index is -4.47. The second kappa shape index (κ2) is 6.08. The Morgan fingerprint density at radius 2 is 1.25 bits per heavy atom. The van der Waals surface area contributed by atoms with E-state index < -0.39 is 35.3 Å². The summed E-state index contributed by atoms with van der Waals surface area (Å²) < 4.78 is 76.0. The molecule has 0 bridgehead atoms. The lowest BCUT2D eigenvalue weighted by atomic mass is 10.1. The first-order valence-corrected chi connectivity index (χ1v) is 8.29. The first-order valence-electron chi connectivity index (χ1n) is 8.29. The summed E-state index contributed by atoms with van der Waals surface area (Å²) in [6.45, 7) is 0. The third-order valence-electron chi connectivity index (χ3n) is 4.94. The van der Waals surface area contributed by atoms with Crippen LogP contribution >= 0.6 is 0 Å². The predicted octanol–water partition coefficient (Wildman–Crippen LogP) is 4.38. The van der Waals surface area contributed by atoms with E-state index in [1.54, 1.807) is 0 Å². The number of aliphatic imine (C=N–C) groups is 1. The highest BCUT2D eigenvalue weighted by atomic mass is 19.4. The minimum Gasteiger partial charge on any atom is -0.365 e. The Hall–Kier alpha value is -2.84. The van der Waals surface area contributed by atoms with Crippen molar-refractivity contribution in [3.8, 4) is 0 Å². The molecule has 0 aromatic heterocycles. The van der Waals surface area contributed by atoms with Crippen LogP contribution in [0.5, 0.6) is 0 Å². The van der Waals surface area contributed by atoms with Gasteiger partial charge in [0.25, 0.3) is 5.91 Å². The van der Waals surface area contributed by atoms with Gasteiger partial charge < -0.3 is 5.32 Å². The number of amides is 1. The van der Waals surface area contributed by atoms with Crippen LogP contribution in [0.4, 0.5) is 26.3 Å². The van der Waals surface area contributed by atoms with Gasteiger partial charge in [0, 0.05) is 17.5 Å². The van der Waals surface area contributed by atoms with Gasteiger partial charge in [-0.05, 0) is 29.8 Å². The quantitative estimate of drug-likeness (QED) is 0.763. The maximum Gasteiger partial charge on any atom is 0.416 e. The lowest BCUT2D eigenvalue weighted by Crippen LogP contribution is -2.34. The fourth-order valence-electron chi connectivity index (χ4n) is 3.45. The third kappa shape index (κ3) is 3.25. The van der Waals surface area contributed by atoms with E-state index in [2.05, 4.69) is 10.3 Å². The Kier molecular flexibility index (Phi) is 4.02. The lowest BCUT2D eigenvalue weighted by molar-refractivity contribution is -0.138. The molecule has 1 aliphatic heterocycles. The number of halogens is 6. The number of carbonyl (C=O) groups excluding carboxylic acids is 1. The van der Waals surface area contributed by atoms with Gasteiger partial charge in [0.1, 0.15) is 5.84 Å². The topological polar surface area (TPSA) is 41.5 Å². The van der Waals surface area contributed by atoms with E-state index in [1.165, 1.54) is 24.3 Å². The minimum absolute atomic E-state index is 0.161. The van der Waals surface area contributed by atoms with Gasteiger partial charge in [-0.2, -0.15) is 31.3 Å². The second-order valence-electron chi connectivity index (χ2n) is 6.72. The maximum atomic E-state index is 12.7. The smallest absolute Gasteiger partial charge is 0.365 e. The summed E-state index contributed by atoms with van der Waals surface area (Å²) in [7, 11) is 0. The van der Waals surface area contributed by atoms with Crippen molar-refractivity contribution < 1.29 is 31.1 Å². The largest absolute Gasteiger partial charge is 0.416 e. The number of carbonyl (C=O) groups is 1. The molecule has 28 heavy (non-hydrogen) atoms. The van der Waals surface area contributed by atoms with Crippen molar-refractivity contribution >= 4 is 11.7 Å². The van der Waals surface area contributed by atoms with Crippen LogP contribution < -0.4 is 5.32 Å². The Balaban J connectivity index is 1.52. The van der Waals surface area contributed by atoms with Gasteiger partial charge in [-0.15, -0.1) is 0 Å². The number of hydrogen-bond donors (Lipinski definition) is 1. The van der Waals surface area contributed by atoms with E-state index >= 15 is 0 Å². The van der Waals surface area contributed by atoms with Crippen LogP contribution in [0, 0.1) is 5.92 Å². The number of alkyl halides is 6. The van der Waals surface area contributed by atoms with Crippen molar-refractivity contribution in [2.75, 3.05) is 0 Å². The van der Waals surface area contributed by atoms with E-state index in [4.69, 9.17) is 0 Å². The average Bonchev–Trinajstić information content (AvgIpc) is 3.35. The molecule has 1 N–H and O–H groups in total. The summed E-state index contributed by atoms with van der Waals surface area (Å²) in [6, 6.07) is 8.47. The zero-order valence-electron chi connectivity index (χ0n) is 14.0. The number of nitrogens with one attached hydrogen (secondary N) is 1. The first-order chi connectivity index (χ1) is 13.1. The molecule has 1 fully saturated rings. The highest BCUT2D eigenvalue weighted by Crippen LogP contribution is 2.50. The number of fused-ring (bicyclic) bond motifs is 1. The summed E-state index contributed by atoms with van der Waals surface area (Å²) in [5, 5.41) is 3.01. The molecular weight excluding hydrogens is 386 g/mol. The molecular formula is C19H12F6N2O. The van der Waals surface area contributed by atoms with E-state index in [0.717, 1.165) is 24.3 Å². The highest BCUT2D eigenvalue weighted by molar-refractivity contribution is 6.09. The van der Waals surface area contributed by atoms with E-state index in [9.17, 15) is 31.1 Å². The van der Waals surface area contributed by atoms with Gasteiger partial charge >= 0.3 is 12.4 Å². The molecule has 0 spiro atoms. The van der Waals surface area contributed by atoms with Gasteiger partial charge in [-0.25, -0.2) is 0 Å². The van der Waals surface area contributed by atoms with Crippen LogP contribution in [0.25, 0.3) is 0 Å². The molecule has 1 heterocycles. The number of nitrogens with zero attached hydrogens (tertiary/aromatic N) is 1. The lowest BCUT2D eigenvalue weighted by Gasteiger charge is -2.14. The Bertz CT molecular complexity index is 944. The van der Waals surface area contributed by atoms with Crippen molar-refractivity contribution in [2.45, 2.75) is 24.3 Å². The third-order valence-corrected chi connectivity index (χ3v) is 4.94. The number of amidine groups is 1. The van der Waals surface area contributed by atoms with Gasteiger partial charge in [0.2, 0.25) is 0 Å². The molecule has 3 nitrogen and oxygen atoms in total. The van der Waals surface area contributed by atoms with Crippen molar-refractivity contribution in [3.05, 3.63) is 70.8 Å². The number of rotatable bonds is 2. The molecule has 9 heteroatoms. The van der Waals surface area contributed by atoms with Crippen LogP contribution in [-0.2, 0) is 17.1 Å². The molecule has 2 aromatic rings. The second-order valence-corrected chi connectivity index (χ2v) is 6.72. The summed E-state index contributed by atoms with van der Waals surface area (Å²) in [5.74, 6) is -1.10. The zero-order chi connectivity index (χ0) is 20.3. The van der Waals surface area contributed by atoms with Gasteiger partial charge in [0.15, 0.2) is 0 Å². The van der Waals surface area contributed by atoms with Crippen LogP contribution in [0.2, 0.25) is 0 Å². The highest BCUT2D eigenvalue weighted by Gasteiger charge is 2.58. The molecule has 1 saturated carbocycles. The molecule has 3 atom stereocenters. The monoisotopic (exact) mass is 398 g/mol. The Morgan fingerprint density at radius 3 is 1.75 bits per heavy atom. The van der Waals surface area contributed by atoms with Crippen molar-refractivity contribution in [2.24, 2.45) is 10.9 Å². The molecule has 1 aliphatic carbocycles. The molecule has 1 amide bonds. The fourth-order valence-corrected chi connectivity index (χ4v) is 3.45. The molecule has 2 aromatic carbocycles. The average molecular weight is 398 g/mol. The van der Waals surface area contributed by atoms with E-state index in [-0.39, 0.29) is 17.8 Å². The Labute approximate surface area is 155 Å². The van der Waals surface area contributed by atoms with Crippen LogP contribution in [-0.4, -0.2) is 17.8 Å². The maximum absolute atomic E-state index is 12.7. The number of hydrogen-bond acceptors (Lipinski definition) is 2. The van der Waals surface area contributed by atoms with Gasteiger partial charge in [0.05, 0.1) is 17.0 Å². The predicted molar refractivity (Wildman–Crippen MR) is 87.6 cm³/mol. The van der Waals surface area contributed by atoms with Gasteiger partial charge in [-0.1, -0.05) is 24.3 Å². The molecule has 4 rings (SSSR count). The van der Waals surface area contributed by atoms with Crippen molar-refractivity contribution in [1.29, 1.82) is 0 Å². The van der Waals surface area contributed by atoms with Crippen LogP contribution in [0.15, 0.2) is 53.5 Å². The molecule has 0 saturated heterocycles. The standard InChI is InChI=1S/C19H12F6N2O/c20-18(21,22)11-5-1-9(2-6-11)13-14-15(13)26-16(27-17(14)28)10-3-7-12(8-4-10)19(23,24)25/h1-8,13-15H,(H,26,27,28). The normalized spacial score (nSPS) is 24.3. The summed E-state index contributed by atoms with van der Waals surface area (Å²) in [6.07, 6.45) is -8.91. The number of benzene rings is 2. The molecule has 3 unspecified atom stereocenters. The van der Waals surface area contributed by atoms with Gasteiger partial charge in [-0.3, -0.25) is 4.79 Å². The molecule has 146 valence electrons. The van der Waals surface area contributed by atoms with E-state index in [1.807, 2.05) is 0 Å².